The van der Waals surface area contributed by atoms with Crippen LogP contribution in [0.4, 0.5) is 13.2 Å². The highest BCUT2D eigenvalue weighted by Gasteiger charge is 2.33. The van der Waals surface area contributed by atoms with Crippen molar-refractivity contribution in [1.29, 1.82) is 0 Å². The first-order chi connectivity index (χ1) is 16.1. The Kier molecular flexibility index (Phi) is 7.33. The van der Waals surface area contributed by atoms with Crippen LogP contribution in [0.5, 0.6) is 0 Å². The Balaban J connectivity index is 1.26. The molecule has 2 aromatic carbocycles. The van der Waals surface area contributed by atoms with Crippen molar-refractivity contribution >= 4 is 15.9 Å². The number of hydrogen-bond acceptors (Lipinski definition) is 3. The van der Waals surface area contributed by atoms with E-state index in [0.717, 1.165) is 43.4 Å². The Morgan fingerprint density at radius 1 is 0.971 bits per heavy atom. The van der Waals surface area contributed by atoms with Crippen molar-refractivity contribution in [3.05, 3.63) is 64.7 Å². The molecule has 34 heavy (non-hydrogen) atoms. The van der Waals surface area contributed by atoms with Gasteiger partial charge in [0.1, 0.15) is 0 Å². The second kappa shape index (κ2) is 10.1. The molecule has 1 amide bonds. The van der Waals surface area contributed by atoms with E-state index in [2.05, 4.69) is 5.32 Å². The van der Waals surface area contributed by atoms with Crippen LogP contribution in [0.15, 0.2) is 47.4 Å². The summed E-state index contributed by atoms with van der Waals surface area (Å²) in [7, 11) is -3.59. The lowest BCUT2D eigenvalue weighted by molar-refractivity contribution is -0.137. The van der Waals surface area contributed by atoms with Gasteiger partial charge in [-0.05, 0) is 85.9 Å². The van der Waals surface area contributed by atoms with Crippen molar-refractivity contribution in [3.63, 3.8) is 0 Å². The summed E-state index contributed by atoms with van der Waals surface area (Å²) in [5.41, 5.74) is 2.36. The summed E-state index contributed by atoms with van der Waals surface area (Å²) in [5, 5.41) is 2.84. The summed E-state index contributed by atoms with van der Waals surface area (Å²) >= 11 is 0. The number of carbonyl (C=O) groups is 1. The molecule has 5 nitrogen and oxygen atoms in total. The fourth-order valence-corrected chi connectivity index (χ4v) is 6.23. The molecule has 184 valence electrons. The first kappa shape index (κ1) is 24.7. The third-order valence-corrected chi connectivity index (χ3v) is 8.67. The zero-order valence-corrected chi connectivity index (χ0v) is 19.7. The Morgan fingerprint density at radius 3 is 2.26 bits per heavy atom. The standard InChI is InChI=1S/C25H29F3N2O3S/c26-25(27,28)22-8-5-18(6-9-22)11-14-29-24(31)20-12-15-30(16-13-20)34(32,33)23-10-7-19-3-1-2-4-21(19)17-23/h5-10,17,20H,1-4,11-16H2,(H,29,31). The molecule has 0 unspecified atom stereocenters. The number of alkyl halides is 3. The summed E-state index contributed by atoms with van der Waals surface area (Å²) in [4.78, 5) is 12.9. The number of amides is 1. The number of piperidine rings is 1. The highest BCUT2D eigenvalue weighted by atomic mass is 32.2. The maximum Gasteiger partial charge on any atom is 0.416 e. The van der Waals surface area contributed by atoms with E-state index in [-0.39, 0.29) is 24.9 Å². The van der Waals surface area contributed by atoms with Gasteiger partial charge >= 0.3 is 6.18 Å². The number of sulfonamides is 1. The Morgan fingerprint density at radius 2 is 1.62 bits per heavy atom. The topological polar surface area (TPSA) is 66.5 Å². The molecule has 0 bridgehead atoms. The molecular weight excluding hydrogens is 465 g/mol. The van der Waals surface area contributed by atoms with E-state index in [1.807, 2.05) is 12.1 Å². The van der Waals surface area contributed by atoms with Gasteiger partial charge < -0.3 is 5.32 Å². The van der Waals surface area contributed by atoms with Crippen molar-refractivity contribution in [3.8, 4) is 0 Å². The van der Waals surface area contributed by atoms with Gasteiger partial charge in [0.2, 0.25) is 15.9 Å². The van der Waals surface area contributed by atoms with Crippen LogP contribution in [0, 0.1) is 5.92 Å². The van der Waals surface area contributed by atoms with Crippen LogP contribution >= 0.6 is 0 Å². The Hall–Kier alpha value is -2.39. The predicted molar refractivity (Wildman–Crippen MR) is 123 cm³/mol. The van der Waals surface area contributed by atoms with Crippen molar-refractivity contribution in [2.24, 2.45) is 5.92 Å². The lowest BCUT2D eigenvalue weighted by Gasteiger charge is -2.31. The van der Waals surface area contributed by atoms with Crippen LogP contribution < -0.4 is 5.32 Å². The second-order valence-corrected chi connectivity index (χ2v) is 11.0. The largest absolute Gasteiger partial charge is 0.416 e. The highest BCUT2D eigenvalue weighted by Crippen LogP contribution is 2.30. The van der Waals surface area contributed by atoms with Gasteiger partial charge in [-0.15, -0.1) is 0 Å². The maximum absolute atomic E-state index is 13.1. The first-order valence-corrected chi connectivity index (χ1v) is 13.1. The monoisotopic (exact) mass is 494 g/mol. The lowest BCUT2D eigenvalue weighted by Crippen LogP contribution is -2.43. The minimum Gasteiger partial charge on any atom is -0.356 e. The van der Waals surface area contributed by atoms with E-state index in [1.54, 1.807) is 6.07 Å². The highest BCUT2D eigenvalue weighted by molar-refractivity contribution is 7.89. The van der Waals surface area contributed by atoms with Gasteiger partial charge in [-0.2, -0.15) is 17.5 Å². The molecule has 1 saturated heterocycles. The number of hydrogen-bond donors (Lipinski definition) is 1. The fraction of sp³-hybridized carbons (Fsp3) is 0.480. The number of carbonyl (C=O) groups excluding carboxylic acids is 1. The summed E-state index contributed by atoms with van der Waals surface area (Å²) in [5.74, 6) is -0.416. The van der Waals surface area contributed by atoms with Crippen molar-refractivity contribution in [2.45, 2.75) is 56.0 Å². The maximum atomic E-state index is 13.1. The number of nitrogens with one attached hydrogen (secondary N) is 1. The molecule has 1 fully saturated rings. The normalized spacial score (nSPS) is 17.9. The van der Waals surface area contributed by atoms with Crippen LogP contribution in [-0.2, 0) is 40.3 Å². The lowest BCUT2D eigenvalue weighted by atomic mass is 9.92. The molecule has 0 saturated carbocycles. The van der Waals surface area contributed by atoms with E-state index in [9.17, 15) is 26.4 Å². The number of aryl methyl sites for hydroxylation is 2. The molecule has 0 aromatic heterocycles. The molecule has 1 N–H and O–H groups in total. The van der Waals surface area contributed by atoms with Gasteiger partial charge in [0.25, 0.3) is 0 Å². The Labute approximate surface area is 198 Å². The smallest absolute Gasteiger partial charge is 0.356 e. The number of nitrogens with zero attached hydrogens (tertiary/aromatic N) is 1. The van der Waals surface area contributed by atoms with Gasteiger partial charge in [0.15, 0.2) is 0 Å². The van der Waals surface area contributed by atoms with Crippen LogP contribution in [0.2, 0.25) is 0 Å². The summed E-state index contributed by atoms with van der Waals surface area (Å²) in [6.45, 7) is 0.894. The number of rotatable bonds is 6. The minimum atomic E-state index is -4.37. The van der Waals surface area contributed by atoms with E-state index >= 15 is 0 Å². The third-order valence-electron chi connectivity index (χ3n) is 6.78. The van der Waals surface area contributed by atoms with Gasteiger partial charge in [0, 0.05) is 25.6 Å². The molecule has 9 heteroatoms. The molecule has 0 spiro atoms. The zero-order chi connectivity index (χ0) is 24.3. The number of halogens is 3. The average Bonchev–Trinajstić information content (AvgIpc) is 2.83. The van der Waals surface area contributed by atoms with Gasteiger partial charge in [0.05, 0.1) is 10.5 Å². The molecule has 0 radical (unpaired) electrons. The van der Waals surface area contributed by atoms with Crippen molar-refractivity contribution in [1.82, 2.24) is 9.62 Å². The second-order valence-electron chi connectivity index (χ2n) is 9.05. The molecule has 1 heterocycles. The number of benzene rings is 2. The summed E-state index contributed by atoms with van der Waals surface area (Å²) < 4.78 is 65.7. The minimum absolute atomic E-state index is 0.141. The summed E-state index contributed by atoms with van der Waals surface area (Å²) in [6, 6.07) is 10.3. The van der Waals surface area contributed by atoms with Crippen LogP contribution in [-0.4, -0.2) is 38.3 Å². The molecule has 4 rings (SSSR count). The summed E-state index contributed by atoms with van der Waals surface area (Å²) in [6.07, 6.45) is 1.06. The Bertz CT molecular complexity index is 1120. The third kappa shape index (κ3) is 5.63. The van der Waals surface area contributed by atoms with Crippen LogP contribution in [0.3, 0.4) is 0 Å². The molecule has 1 aliphatic carbocycles. The SMILES string of the molecule is O=C(NCCc1ccc(C(F)(F)F)cc1)C1CCN(S(=O)(=O)c2ccc3c(c2)CCCC3)CC1. The molecule has 2 aliphatic rings. The molecule has 2 aromatic rings. The predicted octanol–water partition coefficient (Wildman–Crippen LogP) is 4.34. The van der Waals surface area contributed by atoms with E-state index < -0.39 is 21.8 Å². The molecule has 0 atom stereocenters. The molecule has 1 aliphatic heterocycles. The van der Waals surface area contributed by atoms with E-state index in [4.69, 9.17) is 0 Å². The molecular formula is C25H29F3N2O3S. The quantitative estimate of drug-likeness (QED) is 0.650. The van der Waals surface area contributed by atoms with Crippen molar-refractivity contribution in [2.75, 3.05) is 19.6 Å². The van der Waals surface area contributed by atoms with Gasteiger partial charge in [-0.3, -0.25) is 4.79 Å². The van der Waals surface area contributed by atoms with Gasteiger partial charge in [-0.1, -0.05) is 18.2 Å². The average molecular weight is 495 g/mol. The van der Waals surface area contributed by atoms with Crippen LogP contribution in [0.1, 0.15) is 47.9 Å². The van der Waals surface area contributed by atoms with Crippen molar-refractivity contribution < 1.29 is 26.4 Å². The first-order valence-electron chi connectivity index (χ1n) is 11.7. The van der Waals surface area contributed by atoms with E-state index in [1.165, 1.54) is 22.0 Å². The van der Waals surface area contributed by atoms with Gasteiger partial charge in [-0.25, -0.2) is 8.42 Å². The fourth-order valence-electron chi connectivity index (χ4n) is 4.71. The van der Waals surface area contributed by atoms with E-state index in [0.29, 0.717) is 36.3 Å². The zero-order valence-electron chi connectivity index (χ0n) is 18.9. The van der Waals surface area contributed by atoms with Crippen LogP contribution in [0.25, 0.3) is 0 Å². The number of fused-ring (bicyclic) bond motifs is 1.